The molecule has 2 N–H and O–H groups in total. The Balaban J connectivity index is 1.96. The second-order valence-electron chi connectivity index (χ2n) is 6.67. The third-order valence-electron chi connectivity index (χ3n) is 4.89. The van der Waals surface area contributed by atoms with Gasteiger partial charge in [0, 0.05) is 25.8 Å². The van der Waals surface area contributed by atoms with Crippen LogP contribution in [-0.4, -0.2) is 48.2 Å². The number of nitrogens with zero attached hydrogens (tertiary/aromatic N) is 5. The van der Waals surface area contributed by atoms with Gasteiger partial charge >= 0.3 is 5.69 Å². The summed E-state index contributed by atoms with van der Waals surface area (Å²) in [6.07, 6.45) is -0.355. The lowest BCUT2D eigenvalue weighted by atomic mass is 10.2. The fourth-order valence-corrected chi connectivity index (χ4v) is 3.55. The largest absolute Gasteiger partial charge is 0.394 e. The van der Waals surface area contributed by atoms with Crippen molar-refractivity contribution in [2.24, 2.45) is 7.05 Å². The summed E-state index contributed by atoms with van der Waals surface area (Å²) in [6, 6.07) is 9.77. The van der Waals surface area contributed by atoms with Gasteiger partial charge < -0.3 is 19.7 Å². The first-order valence-corrected chi connectivity index (χ1v) is 8.84. The first kappa shape index (κ1) is 17.5. The summed E-state index contributed by atoms with van der Waals surface area (Å²) in [7, 11) is 1.55. The average molecular weight is 371 g/mol. The Labute approximate surface area is 154 Å². The van der Waals surface area contributed by atoms with Gasteiger partial charge in [-0.1, -0.05) is 18.2 Å². The van der Waals surface area contributed by atoms with E-state index in [9.17, 15) is 14.7 Å². The van der Waals surface area contributed by atoms with Crippen LogP contribution in [0.15, 0.2) is 39.9 Å². The number of aromatic nitrogens is 4. The average Bonchev–Trinajstić information content (AvgIpc) is 3.10. The van der Waals surface area contributed by atoms with Crippen LogP contribution in [0.4, 0.5) is 11.6 Å². The van der Waals surface area contributed by atoms with Crippen LogP contribution >= 0.6 is 0 Å². The molecular weight excluding hydrogens is 350 g/mol. The maximum absolute atomic E-state index is 13.0. The quantitative estimate of drug-likeness (QED) is 0.658. The molecule has 1 aliphatic rings. The molecule has 3 aromatic rings. The SMILES string of the molecule is Cn1c(=O)n(C[C@@H](O)CO)c(=O)c2c1nc1n2CCCN1c1ccccc1. The highest BCUT2D eigenvalue weighted by molar-refractivity contribution is 5.77. The van der Waals surface area contributed by atoms with Gasteiger partial charge in [-0.25, -0.2) is 4.79 Å². The molecule has 9 heteroatoms. The van der Waals surface area contributed by atoms with Crippen LogP contribution in [-0.2, 0) is 20.1 Å². The summed E-state index contributed by atoms with van der Waals surface area (Å²) < 4.78 is 4.10. The van der Waals surface area contributed by atoms with E-state index in [1.807, 2.05) is 39.8 Å². The lowest BCUT2D eigenvalue weighted by Gasteiger charge is -2.29. The van der Waals surface area contributed by atoms with Crippen LogP contribution in [0, 0.1) is 0 Å². The first-order chi connectivity index (χ1) is 13.0. The summed E-state index contributed by atoms with van der Waals surface area (Å²) in [6.45, 7) is 0.588. The van der Waals surface area contributed by atoms with Crippen molar-refractivity contribution in [3.8, 4) is 0 Å². The molecule has 0 fully saturated rings. The van der Waals surface area contributed by atoms with Crippen molar-refractivity contribution in [1.82, 2.24) is 18.7 Å². The number of rotatable bonds is 4. The molecule has 0 saturated heterocycles. The number of hydrogen-bond acceptors (Lipinski definition) is 6. The highest BCUT2D eigenvalue weighted by Crippen LogP contribution is 2.30. The van der Waals surface area contributed by atoms with Crippen molar-refractivity contribution in [3.05, 3.63) is 51.2 Å². The number of imidazole rings is 1. The van der Waals surface area contributed by atoms with Crippen LogP contribution in [0.2, 0.25) is 0 Å². The van der Waals surface area contributed by atoms with E-state index in [2.05, 4.69) is 4.98 Å². The Bertz CT molecular complexity index is 1100. The Morgan fingerprint density at radius 1 is 1.19 bits per heavy atom. The number of para-hydroxylation sites is 1. The Kier molecular flexibility index (Phi) is 4.33. The smallest absolute Gasteiger partial charge is 0.332 e. The van der Waals surface area contributed by atoms with Crippen molar-refractivity contribution in [2.45, 2.75) is 25.6 Å². The van der Waals surface area contributed by atoms with Crippen LogP contribution in [0.25, 0.3) is 11.2 Å². The molecule has 2 aromatic heterocycles. The van der Waals surface area contributed by atoms with E-state index >= 15 is 0 Å². The molecule has 0 spiro atoms. The molecule has 27 heavy (non-hydrogen) atoms. The van der Waals surface area contributed by atoms with Gasteiger partial charge in [-0.2, -0.15) is 4.98 Å². The molecule has 9 nitrogen and oxygen atoms in total. The third kappa shape index (κ3) is 2.75. The molecule has 1 aromatic carbocycles. The fourth-order valence-electron chi connectivity index (χ4n) is 3.55. The van der Waals surface area contributed by atoms with E-state index in [0.29, 0.717) is 23.7 Å². The number of aryl methyl sites for hydroxylation is 2. The van der Waals surface area contributed by atoms with Crippen LogP contribution in [0.5, 0.6) is 0 Å². The summed E-state index contributed by atoms with van der Waals surface area (Å²) in [4.78, 5) is 32.2. The molecule has 0 amide bonds. The van der Waals surface area contributed by atoms with Gasteiger partial charge in [-0.05, 0) is 18.6 Å². The molecule has 0 saturated carbocycles. The molecule has 1 atom stereocenters. The van der Waals surface area contributed by atoms with Crippen molar-refractivity contribution in [3.63, 3.8) is 0 Å². The number of benzene rings is 1. The third-order valence-corrected chi connectivity index (χ3v) is 4.89. The van der Waals surface area contributed by atoms with Gasteiger partial charge in [-0.15, -0.1) is 0 Å². The number of fused-ring (bicyclic) bond motifs is 3. The fraction of sp³-hybridized carbons (Fsp3) is 0.389. The molecule has 0 aliphatic carbocycles. The van der Waals surface area contributed by atoms with E-state index < -0.39 is 24.0 Å². The molecule has 0 radical (unpaired) electrons. The molecule has 0 unspecified atom stereocenters. The van der Waals surface area contributed by atoms with E-state index in [1.165, 1.54) is 4.57 Å². The highest BCUT2D eigenvalue weighted by Gasteiger charge is 2.27. The topological polar surface area (TPSA) is 106 Å². The molecule has 4 rings (SSSR count). The van der Waals surface area contributed by atoms with Gasteiger partial charge in [0.2, 0.25) is 5.95 Å². The summed E-state index contributed by atoms with van der Waals surface area (Å²) >= 11 is 0. The number of aliphatic hydroxyl groups is 2. The van der Waals surface area contributed by atoms with Crippen molar-refractivity contribution in [1.29, 1.82) is 0 Å². The zero-order valence-electron chi connectivity index (χ0n) is 14.9. The van der Waals surface area contributed by atoms with E-state index in [1.54, 1.807) is 7.05 Å². The van der Waals surface area contributed by atoms with Crippen LogP contribution in [0.3, 0.4) is 0 Å². The van der Waals surface area contributed by atoms with E-state index in [-0.39, 0.29) is 6.54 Å². The summed E-state index contributed by atoms with van der Waals surface area (Å²) in [5.74, 6) is 0.620. The maximum Gasteiger partial charge on any atom is 0.332 e. The highest BCUT2D eigenvalue weighted by atomic mass is 16.3. The molecule has 3 heterocycles. The monoisotopic (exact) mass is 371 g/mol. The minimum Gasteiger partial charge on any atom is -0.394 e. The van der Waals surface area contributed by atoms with Gasteiger partial charge in [-0.3, -0.25) is 13.9 Å². The zero-order chi connectivity index (χ0) is 19.1. The van der Waals surface area contributed by atoms with Crippen LogP contribution < -0.4 is 16.1 Å². The molecule has 0 bridgehead atoms. The van der Waals surface area contributed by atoms with Gasteiger partial charge in [0.15, 0.2) is 11.2 Å². The minimum absolute atomic E-state index is 0.263. The Morgan fingerprint density at radius 2 is 1.93 bits per heavy atom. The van der Waals surface area contributed by atoms with Crippen molar-refractivity contribution < 1.29 is 10.2 Å². The standard InChI is InChI=1S/C18H21N5O4/c1-20-15-14(16(26)23(18(20)27)10-13(25)11-24)22-9-5-8-21(17(22)19-15)12-6-3-2-4-7-12/h2-4,6-7,13,24-25H,5,8-11H2,1H3/t13-/m1/s1. The number of hydrogen-bond donors (Lipinski definition) is 2. The second-order valence-corrected chi connectivity index (χ2v) is 6.67. The number of anilines is 2. The lowest BCUT2D eigenvalue weighted by molar-refractivity contribution is 0.0791. The van der Waals surface area contributed by atoms with E-state index in [4.69, 9.17) is 5.11 Å². The normalized spacial score (nSPS) is 15.1. The van der Waals surface area contributed by atoms with Gasteiger partial charge in [0.25, 0.3) is 5.56 Å². The van der Waals surface area contributed by atoms with E-state index in [0.717, 1.165) is 23.2 Å². The summed E-state index contributed by atoms with van der Waals surface area (Å²) in [5.41, 5.74) is 0.543. The maximum atomic E-state index is 13.0. The lowest BCUT2D eigenvalue weighted by Crippen LogP contribution is -2.43. The van der Waals surface area contributed by atoms with Crippen molar-refractivity contribution in [2.75, 3.05) is 18.1 Å². The molecule has 1 aliphatic heterocycles. The molecule has 142 valence electrons. The Morgan fingerprint density at radius 3 is 2.63 bits per heavy atom. The molecular formula is C18H21N5O4. The Hall–Kier alpha value is -2.91. The van der Waals surface area contributed by atoms with Crippen molar-refractivity contribution >= 4 is 22.8 Å². The predicted octanol–water partition coefficient (Wildman–Crippen LogP) is -0.208. The second kappa shape index (κ2) is 6.67. The first-order valence-electron chi connectivity index (χ1n) is 8.84. The zero-order valence-corrected chi connectivity index (χ0v) is 14.9. The predicted molar refractivity (Wildman–Crippen MR) is 100 cm³/mol. The summed E-state index contributed by atoms with van der Waals surface area (Å²) in [5, 5.41) is 18.8. The van der Waals surface area contributed by atoms with Gasteiger partial charge in [0.1, 0.15) is 0 Å². The van der Waals surface area contributed by atoms with Gasteiger partial charge in [0.05, 0.1) is 19.3 Å². The number of aliphatic hydroxyl groups excluding tert-OH is 2. The minimum atomic E-state index is -1.18. The van der Waals surface area contributed by atoms with Crippen LogP contribution in [0.1, 0.15) is 6.42 Å².